The van der Waals surface area contributed by atoms with Gasteiger partial charge in [0.15, 0.2) is 0 Å². The second-order valence-electron chi connectivity index (χ2n) is 6.35. The van der Waals surface area contributed by atoms with E-state index in [1.54, 1.807) is 43.3 Å². The first-order chi connectivity index (χ1) is 14.2. The standard InChI is InChI=1S/C20H16BrN3O5S/c1-13-5-8-17(22-20(25)14-3-2-4-18(11-14)24(26)27)12-19(13)30(28,29)23-16-9-6-15(21)7-10-16/h2-12,23H,1H3,(H,22,25). The highest BCUT2D eigenvalue weighted by Crippen LogP contribution is 2.24. The number of aryl methyl sites for hydroxylation is 1. The van der Waals surface area contributed by atoms with Crippen molar-refractivity contribution in [3.63, 3.8) is 0 Å². The third-order valence-electron chi connectivity index (χ3n) is 4.15. The number of nitro benzene ring substituents is 1. The summed E-state index contributed by atoms with van der Waals surface area (Å²) in [5.41, 5.74) is 1.00. The molecule has 0 radical (unpaired) electrons. The zero-order valence-corrected chi connectivity index (χ0v) is 18.0. The van der Waals surface area contributed by atoms with E-state index < -0.39 is 20.9 Å². The first-order valence-electron chi connectivity index (χ1n) is 8.60. The number of amides is 1. The van der Waals surface area contributed by atoms with Crippen LogP contribution in [0.15, 0.2) is 76.1 Å². The normalized spacial score (nSPS) is 11.0. The van der Waals surface area contributed by atoms with Crippen LogP contribution in [-0.4, -0.2) is 19.2 Å². The van der Waals surface area contributed by atoms with Crippen molar-refractivity contribution in [2.45, 2.75) is 11.8 Å². The molecule has 0 atom stereocenters. The van der Waals surface area contributed by atoms with Crippen LogP contribution in [0.4, 0.5) is 17.1 Å². The van der Waals surface area contributed by atoms with Gasteiger partial charge in [-0.05, 0) is 55.0 Å². The van der Waals surface area contributed by atoms with Gasteiger partial charge in [-0.15, -0.1) is 0 Å². The Morgan fingerprint density at radius 1 is 1.00 bits per heavy atom. The first kappa shape index (κ1) is 21.5. The molecule has 0 saturated carbocycles. The Labute approximate surface area is 181 Å². The predicted octanol–water partition coefficient (Wildman–Crippen LogP) is 4.72. The molecule has 0 spiro atoms. The van der Waals surface area contributed by atoms with Gasteiger partial charge in [0.2, 0.25) is 0 Å². The van der Waals surface area contributed by atoms with Crippen LogP contribution in [0.25, 0.3) is 0 Å². The van der Waals surface area contributed by atoms with Gasteiger partial charge >= 0.3 is 0 Å². The Morgan fingerprint density at radius 3 is 2.33 bits per heavy atom. The number of non-ortho nitro benzene ring substituents is 1. The van der Waals surface area contributed by atoms with E-state index in [2.05, 4.69) is 26.0 Å². The number of nitrogens with one attached hydrogen (secondary N) is 2. The van der Waals surface area contributed by atoms with Crippen LogP contribution >= 0.6 is 15.9 Å². The van der Waals surface area contributed by atoms with Gasteiger partial charge in [-0.2, -0.15) is 0 Å². The maximum absolute atomic E-state index is 12.8. The molecule has 2 N–H and O–H groups in total. The summed E-state index contributed by atoms with van der Waals surface area (Å²) in [7, 11) is -3.90. The molecule has 30 heavy (non-hydrogen) atoms. The van der Waals surface area contributed by atoms with E-state index in [0.717, 1.165) is 10.5 Å². The Balaban J connectivity index is 1.86. The molecule has 0 aliphatic carbocycles. The molecule has 3 aromatic carbocycles. The van der Waals surface area contributed by atoms with Crippen molar-refractivity contribution < 1.29 is 18.1 Å². The first-order valence-corrected chi connectivity index (χ1v) is 10.9. The highest BCUT2D eigenvalue weighted by molar-refractivity contribution is 9.10. The maximum atomic E-state index is 12.8. The molecule has 0 bridgehead atoms. The number of hydrogen-bond acceptors (Lipinski definition) is 5. The lowest BCUT2D eigenvalue weighted by Gasteiger charge is -2.13. The minimum atomic E-state index is -3.90. The molecule has 0 aromatic heterocycles. The molecule has 0 heterocycles. The summed E-state index contributed by atoms with van der Waals surface area (Å²) in [6.45, 7) is 1.64. The fourth-order valence-electron chi connectivity index (χ4n) is 2.66. The largest absolute Gasteiger partial charge is 0.322 e. The number of hydrogen-bond donors (Lipinski definition) is 2. The van der Waals surface area contributed by atoms with Crippen molar-refractivity contribution in [2.75, 3.05) is 10.0 Å². The number of halogens is 1. The van der Waals surface area contributed by atoms with Gasteiger partial charge in [0.05, 0.1) is 9.82 Å². The topological polar surface area (TPSA) is 118 Å². The van der Waals surface area contributed by atoms with Gasteiger partial charge < -0.3 is 5.32 Å². The Bertz CT molecular complexity index is 1230. The minimum absolute atomic E-state index is 0.00209. The highest BCUT2D eigenvalue weighted by atomic mass is 79.9. The molecule has 1 amide bonds. The number of nitrogens with zero attached hydrogens (tertiary/aromatic N) is 1. The smallest absolute Gasteiger partial charge is 0.270 e. The number of benzene rings is 3. The van der Waals surface area contributed by atoms with E-state index in [1.807, 2.05) is 0 Å². The van der Waals surface area contributed by atoms with Crippen molar-refractivity contribution in [3.05, 3.63) is 92.4 Å². The second-order valence-corrected chi connectivity index (χ2v) is 8.92. The van der Waals surface area contributed by atoms with Gasteiger partial charge in [-0.25, -0.2) is 8.42 Å². The van der Waals surface area contributed by atoms with Crippen molar-refractivity contribution in [3.8, 4) is 0 Å². The van der Waals surface area contributed by atoms with Crippen molar-refractivity contribution >= 4 is 48.9 Å². The molecular weight excluding hydrogens is 474 g/mol. The SMILES string of the molecule is Cc1ccc(NC(=O)c2cccc([N+](=O)[O-])c2)cc1S(=O)(=O)Nc1ccc(Br)cc1. The van der Waals surface area contributed by atoms with E-state index in [1.165, 1.54) is 24.3 Å². The zero-order chi connectivity index (χ0) is 21.9. The minimum Gasteiger partial charge on any atom is -0.322 e. The van der Waals surface area contributed by atoms with Gasteiger partial charge in [-0.1, -0.05) is 28.1 Å². The molecule has 10 heteroatoms. The fourth-order valence-corrected chi connectivity index (χ4v) is 4.25. The van der Waals surface area contributed by atoms with Crippen LogP contribution in [0.3, 0.4) is 0 Å². The number of carbonyl (C=O) groups is 1. The summed E-state index contributed by atoms with van der Waals surface area (Å²) in [6, 6.07) is 16.4. The Hall–Kier alpha value is -3.24. The number of anilines is 2. The molecule has 0 unspecified atom stereocenters. The van der Waals surface area contributed by atoms with Gasteiger partial charge in [-0.3, -0.25) is 19.6 Å². The van der Waals surface area contributed by atoms with E-state index in [0.29, 0.717) is 11.3 Å². The average molecular weight is 490 g/mol. The highest BCUT2D eigenvalue weighted by Gasteiger charge is 2.19. The summed E-state index contributed by atoms with van der Waals surface area (Å²) in [6.07, 6.45) is 0. The second kappa shape index (κ2) is 8.64. The van der Waals surface area contributed by atoms with Crippen molar-refractivity contribution in [1.29, 1.82) is 0 Å². The van der Waals surface area contributed by atoms with Gasteiger partial charge in [0.25, 0.3) is 21.6 Å². The third kappa shape index (κ3) is 5.02. The average Bonchev–Trinajstić information content (AvgIpc) is 2.71. The van der Waals surface area contributed by atoms with Crippen LogP contribution in [0.1, 0.15) is 15.9 Å². The van der Waals surface area contributed by atoms with Crippen LogP contribution < -0.4 is 10.0 Å². The Morgan fingerprint density at radius 2 is 1.67 bits per heavy atom. The lowest BCUT2D eigenvalue weighted by Crippen LogP contribution is -2.16. The quantitative estimate of drug-likeness (QED) is 0.383. The number of sulfonamides is 1. The molecule has 3 aromatic rings. The number of carbonyl (C=O) groups excluding carboxylic acids is 1. The van der Waals surface area contributed by atoms with Crippen LogP contribution in [0.5, 0.6) is 0 Å². The number of nitro groups is 1. The Kier molecular flexibility index (Phi) is 6.18. The monoisotopic (exact) mass is 489 g/mol. The summed E-state index contributed by atoms with van der Waals surface area (Å²) < 4.78 is 29.0. The summed E-state index contributed by atoms with van der Waals surface area (Å²) in [5, 5.41) is 13.5. The molecule has 3 rings (SSSR count). The maximum Gasteiger partial charge on any atom is 0.270 e. The van der Waals surface area contributed by atoms with E-state index in [-0.39, 0.29) is 21.8 Å². The van der Waals surface area contributed by atoms with Crippen LogP contribution in [0, 0.1) is 17.0 Å². The number of rotatable bonds is 6. The summed E-state index contributed by atoms with van der Waals surface area (Å²) >= 11 is 3.29. The zero-order valence-electron chi connectivity index (χ0n) is 15.6. The fraction of sp³-hybridized carbons (Fsp3) is 0.0500. The summed E-state index contributed by atoms with van der Waals surface area (Å²) in [4.78, 5) is 22.8. The van der Waals surface area contributed by atoms with E-state index in [4.69, 9.17) is 0 Å². The van der Waals surface area contributed by atoms with E-state index >= 15 is 0 Å². The van der Waals surface area contributed by atoms with Crippen molar-refractivity contribution in [1.82, 2.24) is 0 Å². The molecule has 0 saturated heterocycles. The lowest BCUT2D eigenvalue weighted by molar-refractivity contribution is -0.384. The lowest BCUT2D eigenvalue weighted by atomic mass is 10.1. The molecule has 0 fully saturated rings. The summed E-state index contributed by atoms with van der Waals surface area (Å²) in [5.74, 6) is -0.591. The molecule has 8 nitrogen and oxygen atoms in total. The third-order valence-corrected chi connectivity index (χ3v) is 6.20. The van der Waals surface area contributed by atoms with Gasteiger partial charge in [0, 0.05) is 33.5 Å². The molecule has 0 aliphatic heterocycles. The van der Waals surface area contributed by atoms with Gasteiger partial charge in [0.1, 0.15) is 0 Å². The van der Waals surface area contributed by atoms with Crippen LogP contribution in [-0.2, 0) is 10.0 Å². The predicted molar refractivity (Wildman–Crippen MR) is 117 cm³/mol. The molecular formula is C20H16BrN3O5S. The van der Waals surface area contributed by atoms with E-state index in [9.17, 15) is 23.3 Å². The van der Waals surface area contributed by atoms with Crippen molar-refractivity contribution in [2.24, 2.45) is 0 Å². The molecule has 0 aliphatic rings. The van der Waals surface area contributed by atoms with Crippen LogP contribution in [0.2, 0.25) is 0 Å². The molecule has 154 valence electrons.